The number of carbonyl (C=O) groups is 15. The zero-order chi connectivity index (χ0) is 77.6. The van der Waals surface area contributed by atoms with Crippen LogP contribution in [0.4, 0.5) is 0 Å². The molecule has 1 rings (SSSR count). The number of hydrogen-bond donors (Lipinski definition) is 19. The Balaban J connectivity index is 3.39. The molecule has 34 nitrogen and oxygen atoms in total. The summed E-state index contributed by atoms with van der Waals surface area (Å²) in [7, 11) is 0. The summed E-state index contributed by atoms with van der Waals surface area (Å²) >= 11 is 0. The van der Waals surface area contributed by atoms with Gasteiger partial charge in [0, 0.05) is 6.42 Å². The summed E-state index contributed by atoms with van der Waals surface area (Å²) in [4.78, 5) is 202. The van der Waals surface area contributed by atoms with Crippen LogP contribution in [-0.4, -0.2) is 206 Å². The predicted octanol–water partition coefficient (Wildman–Crippen LogP) is -2.57. The number of aliphatic carboxylic acids is 2. The SMILES string of the molecule is CC(C)C[C@H](NC(=O)[C@H](CC(=O)O)NC(=O)[C@H](C)N)C(=O)N[C@@H](CCCCN)C(=O)N[C@H](C(=O)N[C@H](C(=O)N[C@@H](C)C(=O)N[C@@H](C)C(=O)N[C@H](C(=O)N[C@@H](Cc1ccc(O)cc1)C(=O)N[C@H](C(=O)N[C@@H](CC(C)C)C(=O)N[C@H](C(=O)N[C@@H](C)C(=O)O)C(C)C)C(C)C)[C@@H](C)O)C(C)C)C(C)C. The molecule has 0 fully saturated rings. The molecular formula is C67H113N15O19. The van der Waals surface area contributed by atoms with Gasteiger partial charge in [0.25, 0.3) is 0 Å². The van der Waals surface area contributed by atoms with Crippen LogP contribution < -0.4 is 80.6 Å². The second kappa shape index (κ2) is 43.6. The molecule has 0 spiro atoms. The summed E-state index contributed by atoms with van der Waals surface area (Å²) in [5.41, 5.74) is 11.8. The fourth-order valence-corrected chi connectivity index (χ4v) is 9.96. The van der Waals surface area contributed by atoms with Crippen molar-refractivity contribution in [1.29, 1.82) is 0 Å². The molecule has 0 unspecified atom stereocenters. The molecule has 1 aromatic carbocycles. The molecule has 0 aliphatic rings. The molecule has 0 saturated heterocycles. The predicted molar refractivity (Wildman–Crippen MR) is 370 cm³/mol. The van der Waals surface area contributed by atoms with Gasteiger partial charge >= 0.3 is 11.9 Å². The first kappa shape index (κ1) is 90.0. The Bertz CT molecular complexity index is 3000. The van der Waals surface area contributed by atoms with Crippen LogP contribution in [0.1, 0.15) is 162 Å². The number of aliphatic hydroxyl groups is 1. The molecule has 0 bridgehead atoms. The summed E-state index contributed by atoms with van der Waals surface area (Å²) in [5, 5.41) is 72.5. The molecule has 1 aromatic rings. The van der Waals surface area contributed by atoms with Crippen molar-refractivity contribution in [2.45, 2.75) is 253 Å². The van der Waals surface area contributed by atoms with E-state index < -0.39 is 210 Å². The van der Waals surface area contributed by atoms with Gasteiger partial charge in [-0.25, -0.2) is 0 Å². The van der Waals surface area contributed by atoms with Crippen molar-refractivity contribution in [3.05, 3.63) is 29.8 Å². The summed E-state index contributed by atoms with van der Waals surface area (Å²) in [5.74, 6) is -17.3. The maximum Gasteiger partial charge on any atom is 0.325 e. The van der Waals surface area contributed by atoms with Crippen molar-refractivity contribution < 1.29 is 92.3 Å². The number of unbranched alkanes of at least 4 members (excludes halogenated alkanes) is 1. The zero-order valence-corrected chi connectivity index (χ0v) is 61.2. The molecule has 0 aromatic heterocycles. The first-order chi connectivity index (χ1) is 46.8. The van der Waals surface area contributed by atoms with E-state index in [4.69, 9.17) is 11.5 Å². The quantitative estimate of drug-likeness (QED) is 0.0299. The fraction of sp³-hybridized carbons (Fsp3) is 0.687. The standard InChI is InChI=1S/C67H113N15O19/c1-30(2)26-44(75-59(92)47(29-48(85)86)74-54(87)36(13)69)58(91)73-43(20-18-19-25-68)57(90)78-52(35(11)12)65(98)81-50(33(7)8)62(95)71-37(14)55(88)70-38(15)56(89)82-53(40(17)83)66(99)77-46(28-41-21-23-42(84)24-22-41)61(94)80-51(34(9)10)64(97)76-45(27-31(3)4)60(93)79-49(32(5)6)63(96)72-39(16)67(100)101/h21-24,30-40,43-47,49-53,83-84H,18-20,25-29,68-69H2,1-17H3,(H,70,88)(H,71,95)(H,72,96)(H,73,91)(H,74,87)(H,75,92)(H,76,97)(H,77,99)(H,78,90)(H,79,93)(H,80,94)(H,81,98)(H,82,89)(H,85,86)(H,100,101)/t36-,37-,38-,39-,40+,43-,44-,45-,46-,47-,49-,50-,51-,52-,53-/m0/s1. The third-order valence-corrected chi connectivity index (χ3v) is 16.0. The molecule has 21 N–H and O–H groups in total. The number of benzene rings is 1. The molecule has 13 amide bonds. The van der Waals surface area contributed by atoms with Gasteiger partial charge in [-0.15, -0.1) is 0 Å². The topological polar surface area (TPSA) is 545 Å². The summed E-state index contributed by atoms with van der Waals surface area (Å²) in [6, 6.07) is -13.8. The largest absolute Gasteiger partial charge is 0.508 e. The van der Waals surface area contributed by atoms with Crippen molar-refractivity contribution >= 4 is 88.7 Å². The lowest BCUT2D eigenvalue weighted by Gasteiger charge is -2.30. The van der Waals surface area contributed by atoms with E-state index >= 15 is 0 Å². The average molecular weight is 1430 g/mol. The van der Waals surface area contributed by atoms with Gasteiger partial charge in [-0.2, -0.15) is 0 Å². The van der Waals surface area contributed by atoms with Gasteiger partial charge < -0.3 is 101 Å². The van der Waals surface area contributed by atoms with Gasteiger partial charge in [-0.05, 0) is 126 Å². The highest BCUT2D eigenvalue weighted by molar-refractivity contribution is 6.00. The number of carbonyl (C=O) groups excluding carboxylic acids is 13. The van der Waals surface area contributed by atoms with E-state index in [2.05, 4.69) is 69.1 Å². The van der Waals surface area contributed by atoms with Gasteiger partial charge in [0.05, 0.1) is 18.6 Å². The molecular weight excluding hydrogens is 1320 g/mol. The molecule has 0 heterocycles. The van der Waals surface area contributed by atoms with Crippen LogP contribution in [0.15, 0.2) is 24.3 Å². The monoisotopic (exact) mass is 1430 g/mol. The third-order valence-electron chi connectivity index (χ3n) is 16.0. The minimum atomic E-state index is -1.80. The molecule has 0 aliphatic heterocycles. The van der Waals surface area contributed by atoms with E-state index in [0.717, 1.165) is 6.92 Å². The Morgan fingerprint density at radius 3 is 1.09 bits per heavy atom. The number of nitrogens with two attached hydrogens (primary N) is 2. The number of carboxylic acid groups (broad SMARTS) is 2. The maximum atomic E-state index is 14.4. The number of rotatable bonds is 44. The number of amides is 13. The van der Waals surface area contributed by atoms with Crippen molar-refractivity contribution in [1.82, 2.24) is 69.1 Å². The van der Waals surface area contributed by atoms with Crippen molar-refractivity contribution in [2.24, 2.45) is 47.0 Å². The van der Waals surface area contributed by atoms with Crippen LogP contribution >= 0.6 is 0 Å². The number of nitrogens with one attached hydrogen (secondary N) is 13. The Morgan fingerprint density at radius 1 is 0.366 bits per heavy atom. The molecule has 34 heteroatoms. The van der Waals surface area contributed by atoms with E-state index in [1.807, 2.05) is 0 Å². The van der Waals surface area contributed by atoms with Crippen LogP contribution in [0, 0.1) is 35.5 Å². The normalized spacial score (nSPS) is 15.9. The van der Waals surface area contributed by atoms with Gasteiger partial charge in [-0.3, -0.25) is 71.9 Å². The molecule has 570 valence electrons. The zero-order valence-electron chi connectivity index (χ0n) is 61.2. The number of aromatic hydroxyl groups is 1. The second-order valence-corrected chi connectivity index (χ2v) is 27.8. The first-order valence-electron chi connectivity index (χ1n) is 34.1. The highest BCUT2D eigenvalue weighted by atomic mass is 16.4. The Labute approximate surface area is 590 Å². The fourth-order valence-electron chi connectivity index (χ4n) is 9.96. The number of aliphatic hydroxyl groups excluding tert-OH is 1. The molecule has 15 atom stereocenters. The third kappa shape index (κ3) is 32.0. The summed E-state index contributed by atoms with van der Waals surface area (Å²) < 4.78 is 0. The van der Waals surface area contributed by atoms with E-state index in [-0.39, 0.29) is 49.8 Å². The molecule has 101 heavy (non-hydrogen) atoms. The van der Waals surface area contributed by atoms with E-state index in [1.165, 1.54) is 52.0 Å². The number of phenols is 1. The van der Waals surface area contributed by atoms with Crippen LogP contribution in [0.2, 0.25) is 0 Å². The number of carboxylic acids is 2. The maximum absolute atomic E-state index is 14.4. The minimum Gasteiger partial charge on any atom is -0.508 e. The van der Waals surface area contributed by atoms with Crippen LogP contribution in [0.25, 0.3) is 0 Å². The lowest BCUT2D eigenvalue weighted by Crippen LogP contribution is -2.62. The highest BCUT2D eigenvalue weighted by Crippen LogP contribution is 2.17. The smallest absolute Gasteiger partial charge is 0.325 e. The van der Waals surface area contributed by atoms with Gasteiger partial charge in [-0.1, -0.05) is 95.2 Å². The second-order valence-electron chi connectivity index (χ2n) is 27.8. The highest BCUT2D eigenvalue weighted by Gasteiger charge is 2.39. The van der Waals surface area contributed by atoms with Gasteiger partial charge in [0.2, 0.25) is 76.8 Å². The summed E-state index contributed by atoms with van der Waals surface area (Å²) in [6.07, 6.45) is -1.94. The van der Waals surface area contributed by atoms with E-state index in [1.54, 1.807) is 83.1 Å². The lowest BCUT2D eigenvalue weighted by atomic mass is 9.97. The number of phenolic OH excluding ortho intramolecular Hbond substituents is 1. The Kier molecular flexibility index (Phi) is 38.8. The van der Waals surface area contributed by atoms with Crippen LogP contribution in [0.3, 0.4) is 0 Å². The van der Waals surface area contributed by atoms with Crippen LogP contribution in [-0.2, 0) is 78.3 Å². The molecule has 0 radical (unpaired) electrons. The van der Waals surface area contributed by atoms with Crippen LogP contribution in [0.5, 0.6) is 5.75 Å². The number of hydrogen-bond acceptors (Lipinski definition) is 19. The van der Waals surface area contributed by atoms with Gasteiger partial charge in [0.15, 0.2) is 0 Å². The Hall–Kier alpha value is -9.05. The molecule has 0 aliphatic carbocycles. The van der Waals surface area contributed by atoms with E-state index in [9.17, 15) is 92.3 Å². The molecule has 0 saturated carbocycles. The van der Waals surface area contributed by atoms with Crippen molar-refractivity contribution in [2.75, 3.05) is 6.54 Å². The summed E-state index contributed by atoms with van der Waals surface area (Å²) in [6.45, 7) is 26.4. The van der Waals surface area contributed by atoms with Crippen molar-refractivity contribution in [3.63, 3.8) is 0 Å². The van der Waals surface area contributed by atoms with Crippen molar-refractivity contribution in [3.8, 4) is 5.75 Å². The minimum absolute atomic E-state index is 0.0101. The van der Waals surface area contributed by atoms with E-state index in [0.29, 0.717) is 18.4 Å². The lowest BCUT2D eigenvalue weighted by molar-refractivity contribution is -0.142. The van der Waals surface area contributed by atoms with Gasteiger partial charge in [0.1, 0.15) is 84.3 Å². The average Bonchev–Trinajstić information content (AvgIpc) is 0.851. The Morgan fingerprint density at radius 2 is 0.683 bits per heavy atom. The first-order valence-corrected chi connectivity index (χ1v) is 34.1.